The van der Waals surface area contributed by atoms with Crippen molar-refractivity contribution in [1.82, 2.24) is 5.32 Å². The zero-order chi connectivity index (χ0) is 13.8. The summed E-state index contributed by atoms with van der Waals surface area (Å²) in [6.45, 7) is 0.733. The van der Waals surface area contributed by atoms with Crippen LogP contribution in [-0.2, 0) is 9.59 Å². The highest BCUT2D eigenvalue weighted by atomic mass is 16.5. The fourth-order valence-electron chi connectivity index (χ4n) is 2.04. The van der Waals surface area contributed by atoms with Crippen molar-refractivity contribution >= 4 is 17.6 Å². The Hall–Kier alpha value is -2.24. The second-order valence-corrected chi connectivity index (χ2v) is 4.36. The molecule has 0 aromatic heterocycles. The Morgan fingerprint density at radius 3 is 3.00 bits per heavy atom. The van der Waals surface area contributed by atoms with Crippen molar-refractivity contribution in [3.63, 3.8) is 0 Å². The maximum atomic E-state index is 11.5. The number of hydrogen-bond donors (Lipinski definition) is 2. The minimum Gasteiger partial charge on any atom is -0.497 e. The third-order valence-corrected chi connectivity index (χ3v) is 3.06. The van der Waals surface area contributed by atoms with Crippen LogP contribution in [0.2, 0.25) is 0 Å². The van der Waals surface area contributed by atoms with Crippen molar-refractivity contribution in [2.75, 3.05) is 25.1 Å². The van der Waals surface area contributed by atoms with Gasteiger partial charge in [-0.05, 0) is 12.1 Å². The normalized spacial score (nSPS) is 19.5. The first-order valence-electron chi connectivity index (χ1n) is 6.01. The van der Waals surface area contributed by atoms with E-state index in [2.05, 4.69) is 5.32 Å². The van der Waals surface area contributed by atoms with Gasteiger partial charge in [-0.1, -0.05) is 6.07 Å². The van der Waals surface area contributed by atoms with E-state index in [4.69, 9.17) is 9.84 Å². The number of hydrogen-bond acceptors (Lipinski definition) is 4. The first-order chi connectivity index (χ1) is 9.10. The van der Waals surface area contributed by atoms with Crippen molar-refractivity contribution in [3.05, 3.63) is 24.3 Å². The second kappa shape index (κ2) is 5.60. The fraction of sp³-hybridized carbons (Fsp3) is 0.385. The number of nitrogens with one attached hydrogen (secondary N) is 1. The molecule has 1 aromatic rings. The molecular formula is C13H16N2O4. The van der Waals surface area contributed by atoms with Crippen molar-refractivity contribution in [3.8, 4) is 5.75 Å². The summed E-state index contributed by atoms with van der Waals surface area (Å²) in [5, 5.41) is 11.6. The summed E-state index contributed by atoms with van der Waals surface area (Å²) in [4.78, 5) is 24.4. The molecule has 1 aromatic carbocycles. The highest BCUT2D eigenvalue weighted by Gasteiger charge is 2.27. The van der Waals surface area contributed by atoms with Gasteiger partial charge < -0.3 is 20.1 Å². The van der Waals surface area contributed by atoms with Crippen molar-refractivity contribution in [2.45, 2.75) is 12.5 Å². The molecule has 1 unspecified atom stereocenters. The van der Waals surface area contributed by atoms with E-state index in [1.54, 1.807) is 7.11 Å². The van der Waals surface area contributed by atoms with Gasteiger partial charge in [0.2, 0.25) is 5.91 Å². The highest BCUT2D eigenvalue weighted by Crippen LogP contribution is 2.22. The van der Waals surface area contributed by atoms with E-state index in [1.165, 1.54) is 0 Å². The monoisotopic (exact) mass is 264 g/mol. The van der Waals surface area contributed by atoms with E-state index < -0.39 is 12.0 Å². The Balaban J connectivity index is 2.22. The van der Waals surface area contributed by atoms with Gasteiger partial charge in [0, 0.05) is 31.3 Å². The molecule has 0 saturated carbocycles. The number of carbonyl (C=O) groups is 2. The second-order valence-electron chi connectivity index (χ2n) is 4.36. The summed E-state index contributed by atoms with van der Waals surface area (Å²) in [5.41, 5.74) is 0.849. The first kappa shape index (κ1) is 13.2. The molecule has 2 N–H and O–H groups in total. The number of anilines is 1. The van der Waals surface area contributed by atoms with E-state index in [-0.39, 0.29) is 18.9 Å². The van der Waals surface area contributed by atoms with Gasteiger partial charge in [-0.2, -0.15) is 0 Å². The molecule has 0 radical (unpaired) electrons. The molecule has 0 spiro atoms. The molecule has 1 aliphatic heterocycles. The van der Waals surface area contributed by atoms with Gasteiger partial charge in [0.25, 0.3) is 0 Å². The molecular weight excluding hydrogens is 248 g/mol. The molecule has 1 aliphatic rings. The molecule has 102 valence electrons. The van der Waals surface area contributed by atoms with Crippen LogP contribution in [0.5, 0.6) is 5.75 Å². The third kappa shape index (κ3) is 3.15. The van der Waals surface area contributed by atoms with Crippen LogP contribution in [0.1, 0.15) is 6.42 Å². The number of ether oxygens (including phenoxy) is 1. The van der Waals surface area contributed by atoms with E-state index in [0.717, 1.165) is 5.69 Å². The maximum Gasteiger partial charge on any atom is 0.328 e. The van der Waals surface area contributed by atoms with Crippen LogP contribution < -0.4 is 15.0 Å². The summed E-state index contributed by atoms with van der Waals surface area (Å²) in [6.07, 6.45) is 0.279. The maximum absolute atomic E-state index is 11.5. The molecule has 19 heavy (non-hydrogen) atoms. The number of methoxy groups -OCH3 is 1. The lowest BCUT2D eigenvalue weighted by Gasteiger charge is -2.24. The standard InChI is InChI=1S/C13H16N2O4/c1-19-10-4-2-3-9(7-10)15-6-5-12(16)14-11(8-15)13(17)18/h2-4,7,11H,5-6,8H2,1H3,(H,14,16)(H,17,18). The number of aliphatic carboxylic acids is 1. The average Bonchev–Trinajstić information content (AvgIpc) is 2.61. The number of carboxylic acid groups (broad SMARTS) is 1. The van der Waals surface area contributed by atoms with Gasteiger partial charge in [-0.3, -0.25) is 4.79 Å². The van der Waals surface area contributed by atoms with E-state index in [9.17, 15) is 9.59 Å². The van der Waals surface area contributed by atoms with Crippen LogP contribution in [0.25, 0.3) is 0 Å². The smallest absolute Gasteiger partial charge is 0.328 e. The number of benzene rings is 1. The van der Waals surface area contributed by atoms with Gasteiger partial charge in [0.05, 0.1) is 7.11 Å². The van der Waals surface area contributed by atoms with Crippen LogP contribution >= 0.6 is 0 Å². The summed E-state index contributed by atoms with van der Waals surface area (Å²) >= 11 is 0. The lowest BCUT2D eigenvalue weighted by atomic mass is 10.2. The first-order valence-corrected chi connectivity index (χ1v) is 6.01. The zero-order valence-corrected chi connectivity index (χ0v) is 10.6. The summed E-state index contributed by atoms with van der Waals surface area (Å²) in [5.74, 6) is -0.561. The molecule has 2 rings (SSSR count). The number of amides is 1. The van der Waals surface area contributed by atoms with Crippen LogP contribution in [0.4, 0.5) is 5.69 Å². The Bertz CT molecular complexity index is 489. The molecule has 1 saturated heterocycles. The number of carboxylic acids is 1. The SMILES string of the molecule is COc1cccc(N2CCC(=O)NC(C(=O)O)C2)c1. The fourth-order valence-corrected chi connectivity index (χ4v) is 2.04. The van der Waals surface area contributed by atoms with E-state index in [1.807, 2.05) is 29.2 Å². The minimum atomic E-state index is -1.02. The van der Waals surface area contributed by atoms with Gasteiger partial charge in [0.1, 0.15) is 11.8 Å². The third-order valence-electron chi connectivity index (χ3n) is 3.06. The summed E-state index contributed by atoms with van der Waals surface area (Å²) in [6, 6.07) is 6.47. The Morgan fingerprint density at radius 2 is 2.32 bits per heavy atom. The number of carbonyl (C=O) groups excluding carboxylic acids is 1. The zero-order valence-electron chi connectivity index (χ0n) is 10.6. The minimum absolute atomic E-state index is 0.238. The Morgan fingerprint density at radius 1 is 1.53 bits per heavy atom. The summed E-state index contributed by atoms with van der Waals surface area (Å²) < 4.78 is 5.15. The van der Waals surface area contributed by atoms with Crippen LogP contribution in [0, 0.1) is 0 Å². The molecule has 1 heterocycles. The number of rotatable bonds is 3. The Kier molecular flexibility index (Phi) is 3.89. The van der Waals surface area contributed by atoms with Crippen molar-refractivity contribution < 1.29 is 19.4 Å². The average molecular weight is 264 g/mol. The topological polar surface area (TPSA) is 78.9 Å². The molecule has 6 heteroatoms. The molecule has 1 fully saturated rings. The van der Waals surface area contributed by atoms with Crippen LogP contribution in [0.15, 0.2) is 24.3 Å². The summed E-state index contributed by atoms with van der Waals surface area (Å²) in [7, 11) is 1.58. The lowest BCUT2D eigenvalue weighted by molar-refractivity contribution is -0.141. The van der Waals surface area contributed by atoms with E-state index in [0.29, 0.717) is 12.3 Å². The van der Waals surface area contributed by atoms with Gasteiger partial charge in [-0.25, -0.2) is 4.79 Å². The molecule has 0 aliphatic carbocycles. The van der Waals surface area contributed by atoms with Crippen LogP contribution in [0.3, 0.4) is 0 Å². The molecule has 1 amide bonds. The van der Waals surface area contributed by atoms with Gasteiger partial charge in [-0.15, -0.1) is 0 Å². The molecule has 6 nitrogen and oxygen atoms in total. The van der Waals surface area contributed by atoms with Crippen LogP contribution in [-0.4, -0.2) is 43.2 Å². The van der Waals surface area contributed by atoms with E-state index >= 15 is 0 Å². The largest absolute Gasteiger partial charge is 0.497 e. The predicted octanol–water partition coefficient (Wildman–Crippen LogP) is 0.475. The highest BCUT2D eigenvalue weighted by molar-refractivity contribution is 5.85. The molecule has 1 atom stereocenters. The van der Waals surface area contributed by atoms with Gasteiger partial charge >= 0.3 is 5.97 Å². The molecule has 0 bridgehead atoms. The van der Waals surface area contributed by atoms with Gasteiger partial charge in [0.15, 0.2) is 0 Å². The predicted molar refractivity (Wildman–Crippen MR) is 69.4 cm³/mol. The Labute approximate surface area is 111 Å². The quantitative estimate of drug-likeness (QED) is 0.830. The lowest BCUT2D eigenvalue weighted by Crippen LogP contribution is -2.45. The van der Waals surface area contributed by atoms with Crippen molar-refractivity contribution in [2.24, 2.45) is 0 Å². The van der Waals surface area contributed by atoms with Crippen molar-refractivity contribution in [1.29, 1.82) is 0 Å². The number of nitrogens with zero attached hydrogens (tertiary/aromatic N) is 1.